The van der Waals surface area contributed by atoms with Crippen molar-refractivity contribution in [1.82, 2.24) is 35.0 Å². The number of aliphatic hydroxyl groups is 2. The number of phenols is 2. The van der Waals surface area contributed by atoms with Crippen molar-refractivity contribution in [2.75, 3.05) is 35.2 Å². The van der Waals surface area contributed by atoms with E-state index >= 15 is 0 Å². The number of phenolic OH excluding ortho intramolecular Hbond substituents is 2. The Kier molecular flexibility index (Phi) is 9.88. The lowest BCUT2D eigenvalue weighted by molar-refractivity contribution is -0.0434. The first-order valence-electron chi connectivity index (χ1n) is 18.0. The number of carbonyl (C=O) groups is 1. The minimum Gasteiger partial charge on any atom is -0.508 e. The first kappa shape index (κ1) is 35.7. The Bertz CT molecular complexity index is 2200. The Balaban J connectivity index is 1.11. The van der Waals surface area contributed by atoms with Crippen LogP contribution < -0.4 is 20.9 Å². The molecule has 6 aromatic rings. The van der Waals surface area contributed by atoms with Crippen molar-refractivity contribution in [3.63, 3.8) is 0 Å². The zero-order valence-electron chi connectivity index (χ0n) is 29.7. The number of nitrogens with zero attached hydrogens (tertiary/aromatic N) is 7. The molecule has 2 aromatic carbocycles. The number of rotatable bonds is 11. The van der Waals surface area contributed by atoms with E-state index in [1.54, 1.807) is 59.4 Å². The molecule has 7 N–H and O–H groups in total. The van der Waals surface area contributed by atoms with Crippen LogP contribution in [0.1, 0.15) is 54.2 Å². The number of aryl methyl sites for hydroxylation is 1. The number of benzene rings is 2. The van der Waals surface area contributed by atoms with Crippen LogP contribution in [0.3, 0.4) is 0 Å². The van der Waals surface area contributed by atoms with Gasteiger partial charge in [0.05, 0.1) is 23.9 Å². The van der Waals surface area contributed by atoms with Crippen LogP contribution >= 0.6 is 0 Å². The third-order valence-corrected chi connectivity index (χ3v) is 9.93. The van der Waals surface area contributed by atoms with Gasteiger partial charge in [0, 0.05) is 43.9 Å². The number of nitrogens with one attached hydrogen (secondary N) is 3. The third kappa shape index (κ3) is 7.44. The van der Waals surface area contributed by atoms with Gasteiger partial charge >= 0.3 is 6.03 Å². The highest BCUT2D eigenvalue weighted by molar-refractivity contribution is 5.89. The summed E-state index contributed by atoms with van der Waals surface area (Å²) in [7, 11) is 0. The van der Waals surface area contributed by atoms with Gasteiger partial charge in [-0.1, -0.05) is 36.3 Å². The molecule has 8 rings (SSSR count). The maximum Gasteiger partial charge on any atom is 0.319 e. The average Bonchev–Trinajstić information content (AvgIpc) is 4.01. The molecule has 0 bridgehead atoms. The number of aromatic nitrogens is 6. The van der Waals surface area contributed by atoms with Gasteiger partial charge in [-0.15, -0.1) is 0 Å². The molecule has 2 saturated heterocycles. The van der Waals surface area contributed by atoms with E-state index < -0.39 is 24.5 Å². The number of imidazole rings is 1. The van der Waals surface area contributed by atoms with Crippen LogP contribution in [0.25, 0.3) is 11.2 Å². The number of aromatic hydroxyl groups is 2. The Morgan fingerprint density at radius 2 is 1.75 bits per heavy atom. The molecular formula is C38H40N10O7. The SMILES string of the molecule is CCc1cc([C@H]2O[C@@H](n3cnc4c(NCC(c5ccc(O)cc5)c5ccc(O)cc5)nc(N5CC[C@@H](NC(=O)Nc6cccnc6)C5)nc43)[C@@H](O)[C@@H]2O)on1. The summed E-state index contributed by atoms with van der Waals surface area (Å²) in [4.78, 5) is 33.3. The van der Waals surface area contributed by atoms with Crippen molar-refractivity contribution in [2.45, 2.75) is 56.3 Å². The fraction of sp³-hybridized carbons (Fsp3) is 0.316. The number of carbonyl (C=O) groups excluding carboxylic acids is 1. The average molecular weight is 749 g/mol. The summed E-state index contributed by atoms with van der Waals surface area (Å²) in [5.74, 6) is 1.09. The first-order chi connectivity index (χ1) is 26.7. The van der Waals surface area contributed by atoms with Crippen LogP contribution in [0.15, 0.2) is 90.0 Å². The molecule has 17 nitrogen and oxygen atoms in total. The van der Waals surface area contributed by atoms with Gasteiger partial charge in [0.2, 0.25) is 5.95 Å². The summed E-state index contributed by atoms with van der Waals surface area (Å²) in [5.41, 5.74) is 3.81. The van der Waals surface area contributed by atoms with Crippen molar-refractivity contribution < 1.29 is 34.5 Å². The third-order valence-electron chi connectivity index (χ3n) is 9.93. The van der Waals surface area contributed by atoms with E-state index in [9.17, 15) is 25.2 Å². The van der Waals surface area contributed by atoms with Crippen LogP contribution in [0.2, 0.25) is 0 Å². The number of fused-ring (bicyclic) bond motifs is 1. The molecule has 0 spiro atoms. The molecule has 2 aliphatic rings. The number of hydrogen-bond donors (Lipinski definition) is 7. The largest absolute Gasteiger partial charge is 0.508 e. The molecule has 0 aliphatic carbocycles. The van der Waals surface area contributed by atoms with Crippen molar-refractivity contribution >= 4 is 34.6 Å². The molecule has 6 heterocycles. The van der Waals surface area contributed by atoms with Crippen molar-refractivity contribution in [3.05, 3.63) is 108 Å². The minimum atomic E-state index is -1.36. The molecular weight excluding hydrogens is 708 g/mol. The number of aliphatic hydroxyl groups excluding tert-OH is 2. The van der Waals surface area contributed by atoms with Crippen molar-refractivity contribution in [1.29, 1.82) is 0 Å². The Morgan fingerprint density at radius 3 is 2.42 bits per heavy atom. The van der Waals surface area contributed by atoms with Gasteiger partial charge in [0.15, 0.2) is 29.0 Å². The lowest BCUT2D eigenvalue weighted by Gasteiger charge is -2.22. The lowest BCUT2D eigenvalue weighted by Crippen LogP contribution is -2.40. The molecule has 284 valence electrons. The highest BCUT2D eigenvalue weighted by atomic mass is 16.6. The van der Waals surface area contributed by atoms with E-state index in [1.165, 1.54) is 6.33 Å². The van der Waals surface area contributed by atoms with E-state index in [1.807, 2.05) is 36.1 Å². The number of amides is 2. The standard InChI is InChI=1S/C38H40N10O7/c1-2-23-16-29(55-46-23)33-31(51)32(52)36(54-33)48-20-41-30-34(40-18-28(21-5-9-26(49)10-6-21)22-7-11-27(50)12-8-22)44-37(45-35(30)48)47-15-13-25(19-47)43-38(53)42-24-4-3-14-39-17-24/h3-12,14,16-17,20,25,28,31-33,36,49-52H,2,13,15,18-19H2,1H3,(H,40,44,45)(H2,42,43,53)/t25-,31+,32+,33-,36-/m1/s1. The van der Waals surface area contributed by atoms with Gasteiger partial charge < -0.3 is 50.5 Å². The van der Waals surface area contributed by atoms with Crippen molar-refractivity contribution in [2.24, 2.45) is 0 Å². The van der Waals surface area contributed by atoms with E-state index in [2.05, 4.69) is 31.1 Å². The van der Waals surface area contributed by atoms with Gasteiger partial charge in [0.1, 0.15) is 29.8 Å². The summed E-state index contributed by atoms with van der Waals surface area (Å²) >= 11 is 0. The van der Waals surface area contributed by atoms with Crippen LogP contribution in [-0.2, 0) is 11.2 Å². The summed E-state index contributed by atoms with van der Waals surface area (Å²) in [6, 6.07) is 18.5. The van der Waals surface area contributed by atoms with E-state index in [0.29, 0.717) is 72.5 Å². The Hall–Kier alpha value is -6.30. The number of hydrogen-bond acceptors (Lipinski definition) is 14. The van der Waals surface area contributed by atoms with E-state index in [4.69, 9.17) is 19.2 Å². The van der Waals surface area contributed by atoms with Gasteiger partial charge in [-0.3, -0.25) is 9.55 Å². The summed E-state index contributed by atoms with van der Waals surface area (Å²) < 4.78 is 13.2. The van der Waals surface area contributed by atoms with Crippen LogP contribution in [-0.4, -0.2) is 94.0 Å². The van der Waals surface area contributed by atoms with Gasteiger partial charge in [-0.25, -0.2) is 9.78 Å². The zero-order valence-corrected chi connectivity index (χ0v) is 29.7. The van der Waals surface area contributed by atoms with Gasteiger partial charge in [-0.05, 0) is 60.4 Å². The number of anilines is 3. The second-order valence-corrected chi connectivity index (χ2v) is 13.6. The molecule has 2 aliphatic heterocycles. The second-order valence-electron chi connectivity index (χ2n) is 13.6. The predicted octanol–water partition coefficient (Wildman–Crippen LogP) is 3.82. The Labute approximate surface area is 314 Å². The monoisotopic (exact) mass is 748 g/mol. The molecule has 2 fully saturated rings. The number of pyridine rings is 1. The van der Waals surface area contributed by atoms with E-state index in [-0.39, 0.29) is 29.5 Å². The summed E-state index contributed by atoms with van der Waals surface area (Å²) in [5, 5.41) is 55.7. The summed E-state index contributed by atoms with van der Waals surface area (Å²) in [6.07, 6.45) is 1.19. The molecule has 5 atom stereocenters. The topological polar surface area (TPSA) is 229 Å². The quantitative estimate of drug-likeness (QED) is 0.1000. The maximum atomic E-state index is 12.8. The predicted molar refractivity (Wildman–Crippen MR) is 200 cm³/mol. The zero-order chi connectivity index (χ0) is 38.1. The molecule has 2 amide bonds. The molecule has 4 aromatic heterocycles. The van der Waals surface area contributed by atoms with Crippen LogP contribution in [0.5, 0.6) is 11.5 Å². The smallest absolute Gasteiger partial charge is 0.319 e. The lowest BCUT2D eigenvalue weighted by atomic mass is 9.91. The number of ether oxygens (including phenoxy) is 1. The Morgan fingerprint density at radius 1 is 1.00 bits per heavy atom. The fourth-order valence-electron chi connectivity index (χ4n) is 7.00. The molecule has 0 unspecified atom stereocenters. The minimum absolute atomic E-state index is 0.139. The van der Waals surface area contributed by atoms with Crippen LogP contribution in [0.4, 0.5) is 22.2 Å². The van der Waals surface area contributed by atoms with Gasteiger partial charge in [0.25, 0.3) is 0 Å². The van der Waals surface area contributed by atoms with Crippen LogP contribution in [0, 0.1) is 0 Å². The molecule has 0 saturated carbocycles. The van der Waals surface area contributed by atoms with Crippen molar-refractivity contribution in [3.8, 4) is 11.5 Å². The normalized spacial score (nSPS) is 21.0. The maximum absolute atomic E-state index is 12.8. The highest BCUT2D eigenvalue weighted by Gasteiger charge is 2.47. The highest BCUT2D eigenvalue weighted by Crippen LogP contribution is 2.41. The fourth-order valence-corrected chi connectivity index (χ4v) is 7.00. The molecule has 0 radical (unpaired) electrons. The molecule has 55 heavy (non-hydrogen) atoms. The van der Waals surface area contributed by atoms with Gasteiger partial charge in [-0.2, -0.15) is 9.97 Å². The summed E-state index contributed by atoms with van der Waals surface area (Å²) in [6.45, 7) is 3.22. The first-order valence-corrected chi connectivity index (χ1v) is 18.0. The molecule has 17 heteroatoms. The van der Waals surface area contributed by atoms with E-state index in [0.717, 1.165) is 11.1 Å². The second kappa shape index (κ2) is 15.2. The number of urea groups is 1.